The van der Waals surface area contributed by atoms with E-state index in [1.165, 1.54) is 7.11 Å². The van der Waals surface area contributed by atoms with Gasteiger partial charge in [0.2, 0.25) is 0 Å². The second kappa shape index (κ2) is 5.62. The summed E-state index contributed by atoms with van der Waals surface area (Å²) in [6.07, 6.45) is 4.20. The lowest BCUT2D eigenvalue weighted by Gasteiger charge is -2.10. The highest BCUT2D eigenvalue weighted by atomic mass is 35.5. The number of benzene rings is 2. The highest BCUT2D eigenvalue weighted by molar-refractivity contribution is 6.30. The molecular formula is C17H14ClNO2. The minimum absolute atomic E-state index is 0.125. The summed E-state index contributed by atoms with van der Waals surface area (Å²) in [6.45, 7) is 0. The number of aromatic nitrogens is 1. The van der Waals surface area contributed by atoms with Crippen molar-refractivity contribution >= 4 is 22.4 Å². The number of nitrogens with zero attached hydrogens (tertiary/aromatic N) is 1. The monoisotopic (exact) mass is 299 g/mol. The van der Waals surface area contributed by atoms with Gasteiger partial charge in [-0.1, -0.05) is 29.8 Å². The van der Waals surface area contributed by atoms with Crippen LogP contribution in [0.3, 0.4) is 0 Å². The Balaban J connectivity index is 2.07. The molecule has 0 fully saturated rings. The Morgan fingerprint density at radius 2 is 1.81 bits per heavy atom. The molecule has 0 saturated heterocycles. The SMILES string of the molecule is COc1ccc2c(Cc3ccc(Cl)cc3)cncc2c1O. The first kappa shape index (κ1) is 13.7. The minimum atomic E-state index is 0.125. The van der Waals surface area contributed by atoms with Crippen LogP contribution in [0.1, 0.15) is 11.1 Å². The average Bonchev–Trinajstić information content (AvgIpc) is 2.51. The zero-order valence-corrected chi connectivity index (χ0v) is 12.3. The van der Waals surface area contributed by atoms with Crippen molar-refractivity contribution in [3.8, 4) is 11.5 Å². The predicted octanol–water partition coefficient (Wildman–Crippen LogP) is 4.19. The molecule has 21 heavy (non-hydrogen) atoms. The van der Waals surface area contributed by atoms with E-state index in [1.807, 2.05) is 36.5 Å². The maximum atomic E-state index is 10.2. The highest BCUT2D eigenvalue weighted by Gasteiger charge is 2.10. The number of phenolic OH excluding ortho intramolecular Hbond substituents is 1. The molecule has 3 rings (SSSR count). The van der Waals surface area contributed by atoms with E-state index in [4.69, 9.17) is 16.3 Å². The van der Waals surface area contributed by atoms with Crippen molar-refractivity contribution < 1.29 is 9.84 Å². The van der Waals surface area contributed by atoms with Crippen LogP contribution < -0.4 is 4.74 Å². The van der Waals surface area contributed by atoms with Crippen molar-refractivity contribution in [2.45, 2.75) is 6.42 Å². The molecule has 0 bridgehead atoms. The second-order valence-electron chi connectivity index (χ2n) is 4.81. The van der Waals surface area contributed by atoms with Gasteiger partial charge in [-0.05, 0) is 41.1 Å². The molecule has 4 heteroatoms. The van der Waals surface area contributed by atoms with Gasteiger partial charge in [-0.2, -0.15) is 0 Å². The second-order valence-corrected chi connectivity index (χ2v) is 5.25. The van der Waals surface area contributed by atoms with E-state index in [9.17, 15) is 5.11 Å². The summed E-state index contributed by atoms with van der Waals surface area (Å²) >= 11 is 5.90. The van der Waals surface area contributed by atoms with Crippen LogP contribution in [-0.2, 0) is 6.42 Å². The Labute approximate surface area is 127 Å². The molecule has 0 saturated carbocycles. The molecule has 106 valence electrons. The number of hydrogen-bond donors (Lipinski definition) is 1. The fraction of sp³-hybridized carbons (Fsp3) is 0.118. The maximum Gasteiger partial charge on any atom is 0.167 e. The molecule has 0 aliphatic carbocycles. The lowest BCUT2D eigenvalue weighted by Crippen LogP contribution is -1.93. The molecule has 0 unspecified atom stereocenters. The number of phenols is 1. The van der Waals surface area contributed by atoms with Gasteiger partial charge in [-0.3, -0.25) is 4.98 Å². The van der Waals surface area contributed by atoms with Crippen molar-refractivity contribution in [3.63, 3.8) is 0 Å². The number of aromatic hydroxyl groups is 1. The van der Waals surface area contributed by atoms with Gasteiger partial charge in [0.25, 0.3) is 0 Å². The molecule has 3 nitrogen and oxygen atoms in total. The summed E-state index contributed by atoms with van der Waals surface area (Å²) in [5.41, 5.74) is 2.19. The molecule has 2 aromatic carbocycles. The Kier molecular flexibility index (Phi) is 3.67. The first-order chi connectivity index (χ1) is 10.2. The van der Waals surface area contributed by atoms with Crippen molar-refractivity contribution in [1.29, 1.82) is 0 Å². The molecule has 0 atom stereocenters. The third-order valence-corrected chi connectivity index (χ3v) is 3.74. The Morgan fingerprint density at radius 1 is 1.05 bits per heavy atom. The van der Waals surface area contributed by atoms with E-state index in [0.717, 1.165) is 28.0 Å². The van der Waals surface area contributed by atoms with E-state index in [0.29, 0.717) is 11.1 Å². The molecule has 1 aromatic heterocycles. The van der Waals surface area contributed by atoms with Crippen LogP contribution in [0.2, 0.25) is 5.02 Å². The lowest BCUT2D eigenvalue weighted by molar-refractivity contribution is 0.376. The van der Waals surface area contributed by atoms with Crippen molar-refractivity contribution in [3.05, 3.63) is 64.9 Å². The topological polar surface area (TPSA) is 42.4 Å². The Bertz CT molecular complexity index is 785. The quantitative estimate of drug-likeness (QED) is 0.788. The number of pyridine rings is 1. The number of hydrogen-bond acceptors (Lipinski definition) is 3. The summed E-state index contributed by atoms with van der Waals surface area (Å²) in [5, 5.41) is 12.6. The average molecular weight is 300 g/mol. The van der Waals surface area contributed by atoms with Gasteiger partial charge in [0.05, 0.1) is 7.11 Å². The number of fused-ring (bicyclic) bond motifs is 1. The van der Waals surface area contributed by atoms with Crippen molar-refractivity contribution in [1.82, 2.24) is 4.98 Å². The fourth-order valence-corrected chi connectivity index (χ4v) is 2.52. The van der Waals surface area contributed by atoms with Gasteiger partial charge in [0.15, 0.2) is 11.5 Å². The van der Waals surface area contributed by atoms with E-state index >= 15 is 0 Å². The zero-order chi connectivity index (χ0) is 14.8. The van der Waals surface area contributed by atoms with E-state index in [-0.39, 0.29) is 5.75 Å². The molecule has 0 radical (unpaired) electrons. The molecule has 0 spiro atoms. The van der Waals surface area contributed by atoms with Crippen molar-refractivity contribution in [2.24, 2.45) is 0 Å². The molecule has 0 aliphatic heterocycles. The Hall–Kier alpha value is -2.26. The number of ether oxygens (including phenoxy) is 1. The Morgan fingerprint density at radius 3 is 2.52 bits per heavy atom. The van der Waals surface area contributed by atoms with Crippen LogP contribution in [0, 0.1) is 0 Å². The van der Waals surface area contributed by atoms with Gasteiger partial charge in [0.1, 0.15) is 0 Å². The fourth-order valence-electron chi connectivity index (χ4n) is 2.40. The van der Waals surface area contributed by atoms with E-state index < -0.39 is 0 Å². The van der Waals surface area contributed by atoms with Crippen LogP contribution in [0.5, 0.6) is 11.5 Å². The van der Waals surface area contributed by atoms with Gasteiger partial charge in [-0.15, -0.1) is 0 Å². The predicted molar refractivity (Wildman–Crippen MR) is 84.2 cm³/mol. The van der Waals surface area contributed by atoms with Crippen LogP contribution >= 0.6 is 11.6 Å². The number of methoxy groups -OCH3 is 1. The summed E-state index contributed by atoms with van der Waals surface area (Å²) in [7, 11) is 1.53. The zero-order valence-electron chi connectivity index (χ0n) is 11.5. The first-order valence-corrected chi connectivity index (χ1v) is 6.94. The van der Waals surface area contributed by atoms with Gasteiger partial charge in [0, 0.05) is 22.8 Å². The number of rotatable bonds is 3. The minimum Gasteiger partial charge on any atom is -0.504 e. The maximum absolute atomic E-state index is 10.2. The third-order valence-electron chi connectivity index (χ3n) is 3.49. The molecular weight excluding hydrogens is 286 g/mol. The molecule has 0 aliphatic rings. The largest absolute Gasteiger partial charge is 0.504 e. The van der Waals surface area contributed by atoms with E-state index in [2.05, 4.69) is 4.98 Å². The van der Waals surface area contributed by atoms with Crippen LogP contribution in [0.15, 0.2) is 48.8 Å². The van der Waals surface area contributed by atoms with E-state index in [1.54, 1.807) is 12.3 Å². The third kappa shape index (κ3) is 2.65. The van der Waals surface area contributed by atoms with Crippen molar-refractivity contribution in [2.75, 3.05) is 7.11 Å². The molecule has 3 aromatic rings. The standard InChI is InChI=1S/C17H14ClNO2/c1-21-16-7-6-14-12(9-19-10-15(14)17(16)20)8-11-2-4-13(18)5-3-11/h2-7,9-10,20H,8H2,1H3. The molecule has 1 N–H and O–H groups in total. The van der Waals surface area contributed by atoms with Gasteiger partial charge < -0.3 is 9.84 Å². The van der Waals surface area contributed by atoms with Gasteiger partial charge >= 0.3 is 0 Å². The van der Waals surface area contributed by atoms with Gasteiger partial charge in [-0.25, -0.2) is 0 Å². The lowest BCUT2D eigenvalue weighted by atomic mass is 10.0. The molecule has 0 amide bonds. The summed E-state index contributed by atoms with van der Waals surface area (Å²) in [4.78, 5) is 4.22. The van der Waals surface area contributed by atoms with Crippen LogP contribution in [0.4, 0.5) is 0 Å². The smallest absolute Gasteiger partial charge is 0.167 e. The number of halogens is 1. The summed E-state index contributed by atoms with van der Waals surface area (Å²) < 4.78 is 5.13. The van der Waals surface area contributed by atoms with Crippen LogP contribution in [-0.4, -0.2) is 17.2 Å². The van der Waals surface area contributed by atoms with Crippen LogP contribution in [0.25, 0.3) is 10.8 Å². The normalized spacial score (nSPS) is 10.8. The molecule has 1 heterocycles. The summed E-state index contributed by atoms with van der Waals surface area (Å²) in [5.74, 6) is 0.577. The first-order valence-electron chi connectivity index (χ1n) is 6.56. The highest BCUT2D eigenvalue weighted by Crippen LogP contribution is 2.35. The summed E-state index contributed by atoms with van der Waals surface area (Å²) in [6, 6.07) is 11.4.